The molecule has 2 nitrogen and oxygen atoms in total. The zero-order chi connectivity index (χ0) is 12.8. The Bertz CT molecular complexity index is 341. The molecule has 0 saturated heterocycles. The Morgan fingerprint density at radius 3 is 2.39 bits per heavy atom. The first kappa shape index (κ1) is 13.6. The van der Waals surface area contributed by atoms with Crippen molar-refractivity contribution in [2.24, 2.45) is 5.92 Å². The first-order valence-electron chi connectivity index (χ1n) is 7.09. The topological polar surface area (TPSA) is 21.3 Å². The maximum atomic E-state index is 5.12. The third kappa shape index (κ3) is 3.82. The summed E-state index contributed by atoms with van der Waals surface area (Å²) in [4.78, 5) is 0. The van der Waals surface area contributed by atoms with Crippen LogP contribution >= 0.6 is 0 Å². The van der Waals surface area contributed by atoms with E-state index in [9.17, 15) is 0 Å². The smallest absolute Gasteiger partial charge is 0.0713 e. The normalized spacial score (nSPS) is 18.1. The number of rotatable bonds is 6. The van der Waals surface area contributed by atoms with Gasteiger partial charge in [-0.2, -0.15) is 0 Å². The molecule has 1 aromatic rings. The van der Waals surface area contributed by atoms with Gasteiger partial charge in [-0.15, -0.1) is 0 Å². The number of methoxy groups -OCH3 is 1. The van der Waals surface area contributed by atoms with E-state index in [0.717, 1.165) is 12.5 Å². The summed E-state index contributed by atoms with van der Waals surface area (Å²) in [5, 5.41) is 3.66. The molecule has 1 unspecified atom stereocenters. The molecular formula is C16H25NO. The van der Waals surface area contributed by atoms with Crippen molar-refractivity contribution < 1.29 is 4.74 Å². The zero-order valence-corrected chi connectivity index (χ0v) is 11.6. The zero-order valence-electron chi connectivity index (χ0n) is 11.6. The van der Waals surface area contributed by atoms with Crippen LogP contribution in [0.1, 0.15) is 43.7 Å². The number of nitrogens with one attached hydrogen (secondary N) is 1. The van der Waals surface area contributed by atoms with Gasteiger partial charge in [0, 0.05) is 19.7 Å². The fourth-order valence-corrected chi connectivity index (χ4v) is 2.82. The third-order valence-electron chi connectivity index (χ3n) is 4.07. The monoisotopic (exact) mass is 247 g/mol. The molecule has 1 saturated carbocycles. The molecule has 1 aliphatic carbocycles. The van der Waals surface area contributed by atoms with E-state index in [1.54, 1.807) is 7.11 Å². The largest absolute Gasteiger partial charge is 0.380 e. The molecule has 0 spiro atoms. The number of benzene rings is 1. The Labute approximate surface area is 111 Å². The van der Waals surface area contributed by atoms with Crippen LogP contribution in [0.2, 0.25) is 0 Å². The predicted molar refractivity (Wildman–Crippen MR) is 75.4 cm³/mol. The molecule has 0 heterocycles. The van der Waals surface area contributed by atoms with Gasteiger partial charge in [0.15, 0.2) is 0 Å². The van der Waals surface area contributed by atoms with Crippen LogP contribution in [0.15, 0.2) is 24.3 Å². The predicted octanol–water partition coefficient (Wildman–Crippen LogP) is 3.50. The van der Waals surface area contributed by atoms with Crippen molar-refractivity contribution in [3.05, 3.63) is 35.4 Å². The van der Waals surface area contributed by atoms with Crippen molar-refractivity contribution in [3.63, 3.8) is 0 Å². The molecule has 2 rings (SSSR count). The molecule has 1 N–H and O–H groups in total. The lowest BCUT2D eigenvalue weighted by molar-refractivity contribution is 0.185. The Hall–Kier alpha value is -0.860. The van der Waals surface area contributed by atoms with Gasteiger partial charge in [0.05, 0.1) is 6.61 Å². The molecule has 0 amide bonds. The van der Waals surface area contributed by atoms with Crippen LogP contribution < -0.4 is 5.32 Å². The van der Waals surface area contributed by atoms with Gasteiger partial charge in [0.2, 0.25) is 0 Å². The molecule has 1 aliphatic rings. The molecule has 1 fully saturated rings. The Morgan fingerprint density at radius 1 is 1.17 bits per heavy atom. The van der Waals surface area contributed by atoms with Crippen LogP contribution in [0.5, 0.6) is 0 Å². The van der Waals surface area contributed by atoms with E-state index < -0.39 is 0 Å². The molecular weight excluding hydrogens is 222 g/mol. The van der Waals surface area contributed by atoms with Gasteiger partial charge in [-0.3, -0.25) is 0 Å². The highest BCUT2D eigenvalue weighted by molar-refractivity contribution is 5.22. The summed E-state index contributed by atoms with van der Waals surface area (Å²) in [5.41, 5.74) is 2.60. The minimum absolute atomic E-state index is 0.645. The van der Waals surface area contributed by atoms with Gasteiger partial charge in [0.25, 0.3) is 0 Å². The van der Waals surface area contributed by atoms with Gasteiger partial charge < -0.3 is 10.1 Å². The lowest BCUT2D eigenvalue weighted by atomic mass is 9.99. The summed E-state index contributed by atoms with van der Waals surface area (Å²) in [6.45, 7) is 4.01. The van der Waals surface area contributed by atoms with E-state index in [-0.39, 0.29) is 0 Å². The maximum Gasteiger partial charge on any atom is 0.0713 e. The van der Waals surface area contributed by atoms with Crippen molar-refractivity contribution in [1.82, 2.24) is 5.32 Å². The van der Waals surface area contributed by atoms with E-state index in [0.29, 0.717) is 12.6 Å². The van der Waals surface area contributed by atoms with E-state index in [4.69, 9.17) is 4.74 Å². The van der Waals surface area contributed by atoms with Gasteiger partial charge >= 0.3 is 0 Å². The Balaban J connectivity index is 1.78. The van der Waals surface area contributed by atoms with Gasteiger partial charge in [0.1, 0.15) is 0 Å². The molecule has 0 aromatic heterocycles. The highest BCUT2D eigenvalue weighted by Gasteiger charge is 2.20. The lowest BCUT2D eigenvalue weighted by Gasteiger charge is -2.20. The van der Waals surface area contributed by atoms with E-state index in [1.807, 2.05) is 0 Å². The van der Waals surface area contributed by atoms with Crippen molar-refractivity contribution in [3.8, 4) is 0 Å². The molecule has 0 bridgehead atoms. The second-order valence-electron chi connectivity index (χ2n) is 5.46. The molecule has 100 valence electrons. The first-order chi connectivity index (χ1) is 8.79. The molecule has 2 heteroatoms. The average molecular weight is 247 g/mol. The van der Waals surface area contributed by atoms with Crippen LogP contribution in [0, 0.1) is 5.92 Å². The Kier molecular flexibility index (Phi) is 5.21. The minimum Gasteiger partial charge on any atom is -0.380 e. The molecule has 18 heavy (non-hydrogen) atoms. The number of hydrogen-bond donors (Lipinski definition) is 1. The number of hydrogen-bond acceptors (Lipinski definition) is 2. The van der Waals surface area contributed by atoms with E-state index in [1.165, 1.54) is 36.8 Å². The fraction of sp³-hybridized carbons (Fsp3) is 0.625. The number of ether oxygens (including phenoxy) is 1. The van der Waals surface area contributed by atoms with E-state index in [2.05, 4.69) is 36.5 Å². The molecule has 1 aromatic carbocycles. The third-order valence-corrected chi connectivity index (χ3v) is 4.07. The lowest BCUT2D eigenvalue weighted by Crippen LogP contribution is -2.31. The van der Waals surface area contributed by atoms with E-state index >= 15 is 0 Å². The van der Waals surface area contributed by atoms with Crippen molar-refractivity contribution in [2.45, 2.75) is 51.8 Å². The molecule has 0 radical (unpaired) electrons. The SMILES string of the molecule is COCc1ccc(CNC(C)C2CCCC2)cc1. The second-order valence-corrected chi connectivity index (χ2v) is 5.46. The average Bonchev–Trinajstić information content (AvgIpc) is 2.92. The summed E-state index contributed by atoms with van der Waals surface area (Å²) < 4.78 is 5.12. The Morgan fingerprint density at radius 2 is 1.78 bits per heavy atom. The summed E-state index contributed by atoms with van der Waals surface area (Å²) >= 11 is 0. The highest BCUT2D eigenvalue weighted by Crippen LogP contribution is 2.27. The maximum absolute atomic E-state index is 5.12. The van der Waals surface area contributed by atoms with Crippen molar-refractivity contribution >= 4 is 0 Å². The van der Waals surface area contributed by atoms with Crippen LogP contribution in [0.25, 0.3) is 0 Å². The highest BCUT2D eigenvalue weighted by atomic mass is 16.5. The van der Waals surface area contributed by atoms with Crippen molar-refractivity contribution in [1.29, 1.82) is 0 Å². The van der Waals surface area contributed by atoms with Crippen molar-refractivity contribution in [2.75, 3.05) is 7.11 Å². The minimum atomic E-state index is 0.645. The second kappa shape index (κ2) is 6.91. The van der Waals surface area contributed by atoms with Gasteiger partial charge in [-0.05, 0) is 36.8 Å². The summed E-state index contributed by atoms with van der Waals surface area (Å²) in [6.07, 6.45) is 5.65. The molecule has 1 atom stereocenters. The summed E-state index contributed by atoms with van der Waals surface area (Å²) in [5.74, 6) is 0.887. The first-order valence-corrected chi connectivity index (χ1v) is 7.09. The van der Waals surface area contributed by atoms with Crippen LogP contribution in [0.4, 0.5) is 0 Å². The standard InChI is InChI=1S/C16H25NO/c1-13(16-5-3-4-6-16)17-11-14-7-9-15(10-8-14)12-18-2/h7-10,13,16-17H,3-6,11-12H2,1-2H3. The fourth-order valence-electron chi connectivity index (χ4n) is 2.82. The van der Waals surface area contributed by atoms with Crippen LogP contribution in [0.3, 0.4) is 0 Å². The van der Waals surface area contributed by atoms with Crippen LogP contribution in [-0.4, -0.2) is 13.2 Å². The van der Waals surface area contributed by atoms with Crippen LogP contribution in [-0.2, 0) is 17.9 Å². The molecule has 0 aliphatic heterocycles. The quantitative estimate of drug-likeness (QED) is 0.830. The summed E-state index contributed by atoms with van der Waals surface area (Å²) in [6, 6.07) is 9.35. The summed E-state index contributed by atoms with van der Waals surface area (Å²) in [7, 11) is 1.73. The van der Waals surface area contributed by atoms with Gasteiger partial charge in [-0.25, -0.2) is 0 Å². The van der Waals surface area contributed by atoms with Gasteiger partial charge in [-0.1, -0.05) is 37.1 Å².